The maximum atomic E-state index is 11.1. The molecule has 0 unspecified atom stereocenters. The molecule has 0 aromatic heterocycles. The Morgan fingerprint density at radius 1 is 1.16 bits per heavy atom. The molecule has 0 saturated carbocycles. The van der Waals surface area contributed by atoms with E-state index in [1.807, 2.05) is 25.1 Å². The number of nitriles is 1. The van der Waals surface area contributed by atoms with Crippen LogP contribution in [0.2, 0.25) is 5.02 Å². The van der Waals surface area contributed by atoms with Crippen LogP contribution in [0.1, 0.15) is 23.6 Å². The standard InChI is InChI=1S/C24H18BrClN2O4/c1-2-31-23-12-18(10-19(14-27)16-7-5-8-20(11-16)28(29)30)21(25)13-24(23)32-15-17-6-3-4-9-22(17)26/h3-13H,2,15H2,1H3/b19-10-. The van der Waals surface area contributed by atoms with E-state index in [4.69, 9.17) is 21.1 Å². The van der Waals surface area contributed by atoms with Crippen LogP contribution in [0.4, 0.5) is 5.69 Å². The van der Waals surface area contributed by atoms with Gasteiger partial charge in [-0.1, -0.05) is 57.9 Å². The van der Waals surface area contributed by atoms with Crippen molar-refractivity contribution >= 4 is 44.9 Å². The van der Waals surface area contributed by atoms with Crippen molar-refractivity contribution in [3.05, 3.63) is 97.0 Å². The minimum absolute atomic E-state index is 0.0824. The zero-order chi connectivity index (χ0) is 23.1. The number of allylic oxidation sites excluding steroid dienone is 1. The van der Waals surface area contributed by atoms with Crippen molar-refractivity contribution in [2.45, 2.75) is 13.5 Å². The van der Waals surface area contributed by atoms with E-state index in [1.165, 1.54) is 12.1 Å². The molecule has 0 spiro atoms. The largest absolute Gasteiger partial charge is 0.490 e. The van der Waals surface area contributed by atoms with Gasteiger partial charge in [-0.2, -0.15) is 5.26 Å². The predicted octanol–water partition coefficient (Wildman–Crippen LogP) is 7.05. The predicted molar refractivity (Wildman–Crippen MR) is 128 cm³/mol. The van der Waals surface area contributed by atoms with Crippen LogP contribution in [-0.2, 0) is 6.61 Å². The first kappa shape index (κ1) is 23.3. The number of hydrogen-bond acceptors (Lipinski definition) is 5. The van der Waals surface area contributed by atoms with Crippen molar-refractivity contribution in [3.8, 4) is 17.6 Å². The van der Waals surface area contributed by atoms with Crippen molar-refractivity contribution < 1.29 is 14.4 Å². The summed E-state index contributed by atoms with van der Waals surface area (Å²) in [6.07, 6.45) is 1.64. The smallest absolute Gasteiger partial charge is 0.270 e. The van der Waals surface area contributed by atoms with Gasteiger partial charge in [0, 0.05) is 27.2 Å². The molecule has 0 fully saturated rings. The minimum atomic E-state index is -0.493. The van der Waals surface area contributed by atoms with Crippen LogP contribution in [-0.4, -0.2) is 11.5 Å². The molecule has 0 radical (unpaired) electrons. The number of benzene rings is 3. The second kappa shape index (κ2) is 10.8. The van der Waals surface area contributed by atoms with E-state index in [-0.39, 0.29) is 17.9 Å². The molecular formula is C24H18BrClN2O4. The molecule has 32 heavy (non-hydrogen) atoms. The van der Waals surface area contributed by atoms with Crippen LogP contribution < -0.4 is 9.47 Å². The number of hydrogen-bond donors (Lipinski definition) is 0. The van der Waals surface area contributed by atoms with Gasteiger partial charge in [-0.3, -0.25) is 10.1 Å². The monoisotopic (exact) mass is 512 g/mol. The molecule has 3 rings (SSSR count). The Morgan fingerprint density at radius 2 is 1.91 bits per heavy atom. The van der Waals surface area contributed by atoms with Crippen molar-refractivity contribution in [2.24, 2.45) is 0 Å². The van der Waals surface area contributed by atoms with E-state index in [0.717, 1.165) is 5.56 Å². The number of ether oxygens (including phenoxy) is 2. The molecule has 0 atom stereocenters. The van der Waals surface area contributed by atoms with E-state index < -0.39 is 4.92 Å². The third-order valence-corrected chi connectivity index (χ3v) is 5.55. The zero-order valence-corrected chi connectivity index (χ0v) is 19.4. The molecule has 0 heterocycles. The number of nitro benzene ring substituents is 1. The summed E-state index contributed by atoms with van der Waals surface area (Å²) in [6.45, 7) is 2.54. The van der Waals surface area contributed by atoms with Gasteiger partial charge < -0.3 is 9.47 Å². The van der Waals surface area contributed by atoms with E-state index in [0.29, 0.717) is 38.7 Å². The topological polar surface area (TPSA) is 85.4 Å². The van der Waals surface area contributed by atoms with E-state index in [2.05, 4.69) is 22.0 Å². The van der Waals surface area contributed by atoms with E-state index in [9.17, 15) is 15.4 Å². The average Bonchev–Trinajstić information content (AvgIpc) is 2.79. The summed E-state index contributed by atoms with van der Waals surface area (Å²) in [5.74, 6) is 1.02. The third kappa shape index (κ3) is 5.67. The number of nitrogens with zero attached hydrogens (tertiary/aromatic N) is 2. The quantitative estimate of drug-likeness (QED) is 0.139. The van der Waals surface area contributed by atoms with Crippen LogP contribution in [0, 0.1) is 21.4 Å². The second-order valence-corrected chi connectivity index (χ2v) is 7.87. The van der Waals surface area contributed by atoms with E-state index in [1.54, 1.807) is 36.4 Å². The molecule has 162 valence electrons. The molecule has 0 bridgehead atoms. The first-order chi connectivity index (χ1) is 15.4. The molecule has 6 nitrogen and oxygen atoms in total. The first-order valence-corrected chi connectivity index (χ1v) is 10.8. The summed E-state index contributed by atoms with van der Waals surface area (Å²) in [5, 5.41) is 21.3. The van der Waals surface area contributed by atoms with Gasteiger partial charge in [0.05, 0.1) is 23.2 Å². The highest BCUT2D eigenvalue weighted by Gasteiger charge is 2.14. The summed E-state index contributed by atoms with van der Waals surface area (Å²) in [7, 11) is 0. The Hall–Kier alpha value is -3.34. The lowest BCUT2D eigenvalue weighted by Gasteiger charge is -2.15. The summed E-state index contributed by atoms with van der Waals surface area (Å²) in [5.41, 5.74) is 2.16. The fraction of sp³-hybridized carbons (Fsp3) is 0.125. The second-order valence-electron chi connectivity index (χ2n) is 6.61. The summed E-state index contributed by atoms with van der Waals surface area (Å²) in [6, 6.07) is 19.0. The average molecular weight is 514 g/mol. The molecule has 3 aromatic carbocycles. The fourth-order valence-corrected chi connectivity index (χ4v) is 3.56. The lowest BCUT2D eigenvalue weighted by atomic mass is 10.0. The van der Waals surface area contributed by atoms with Crippen LogP contribution in [0.5, 0.6) is 11.5 Å². The molecule has 3 aromatic rings. The van der Waals surface area contributed by atoms with Gasteiger partial charge in [-0.25, -0.2) is 0 Å². The van der Waals surface area contributed by atoms with Gasteiger partial charge in [0.25, 0.3) is 5.69 Å². The Balaban J connectivity index is 1.95. The molecule has 0 saturated heterocycles. The Kier molecular flexibility index (Phi) is 7.87. The molecule has 0 amide bonds. The van der Waals surface area contributed by atoms with Crippen LogP contribution in [0.15, 0.2) is 65.1 Å². The van der Waals surface area contributed by atoms with Crippen LogP contribution in [0.3, 0.4) is 0 Å². The van der Waals surface area contributed by atoms with Crippen molar-refractivity contribution in [3.63, 3.8) is 0 Å². The van der Waals surface area contributed by atoms with Gasteiger partial charge in [0.15, 0.2) is 11.5 Å². The van der Waals surface area contributed by atoms with Crippen LogP contribution in [0.25, 0.3) is 11.6 Å². The number of halogens is 2. The van der Waals surface area contributed by atoms with Gasteiger partial charge in [-0.15, -0.1) is 0 Å². The Labute approximate surface area is 198 Å². The van der Waals surface area contributed by atoms with Gasteiger partial charge in [0.2, 0.25) is 0 Å². The lowest BCUT2D eigenvalue weighted by molar-refractivity contribution is -0.384. The maximum Gasteiger partial charge on any atom is 0.270 e. The van der Waals surface area contributed by atoms with Gasteiger partial charge in [-0.05, 0) is 42.3 Å². The molecule has 0 aliphatic carbocycles. The molecule has 0 N–H and O–H groups in total. The molecular weight excluding hydrogens is 496 g/mol. The minimum Gasteiger partial charge on any atom is -0.490 e. The maximum absolute atomic E-state index is 11.1. The third-order valence-electron chi connectivity index (χ3n) is 4.49. The summed E-state index contributed by atoms with van der Waals surface area (Å²) < 4.78 is 12.4. The first-order valence-electron chi connectivity index (χ1n) is 9.62. The highest BCUT2D eigenvalue weighted by Crippen LogP contribution is 2.36. The summed E-state index contributed by atoms with van der Waals surface area (Å²) >= 11 is 9.73. The van der Waals surface area contributed by atoms with Gasteiger partial charge >= 0.3 is 0 Å². The lowest BCUT2D eigenvalue weighted by Crippen LogP contribution is -2.01. The SMILES string of the molecule is CCOc1cc(/C=C(/C#N)c2cccc([N+](=O)[O-])c2)c(Br)cc1OCc1ccccc1Cl. The molecule has 8 heteroatoms. The zero-order valence-electron chi connectivity index (χ0n) is 17.0. The van der Waals surface area contributed by atoms with Crippen molar-refractivity contribution in [1.82, 2.24) is 0 Å². The van der Waals surface area contributed by atoms with Gasteiger partial charge in [0.1, 0.15) is 6.61 Å². The highest BCUT2D eigenvalue weighted by molar-refractivity contribution is 9.10. The Morgan fingerprint density at radius 3 is 2.59 bits per heavy atom. The van der Waals surface area contributed by atoms with Crippen molar-refractivity contribution in [1.29, 1.82) is 5.26 Å². The number of non-ortho nitro benzene ring substituents is 1. The summed E-state index contributed by atoms with van der Waals surface area (Å²) in [4.78, 5) is 10.6. The normalized spacial score (nSPS) is 11.0. The van der Waals surface area contributed by atoms with E-state index >= 15 is 0 Å². The Bertz CT molecular complexity index is 1220. The molecule has 0 aliphatic rings. The number of rotatable bonds is 8. The van der Waals surface area contributed by atoms with Crippen LogP contribution >= 0.6 is 27.5 Å². The van der Waals surface area contributed by atoms with Crippen molar-refractivity contribution in [2.75, 3.05) is 6.61 Å². The number of nitro groups is 1. The molecule has 0 aliphatic heterocycles. The fourth-order valence-electron chi connectivity index (χ4n) is 2.94. The highest BCUT2D eigenvalue weighted by atomic mass is 79.9.